The third-order valence-corrected chi connectivity index (χ3v) is 3.72. The SMILES string of the molecule is CC1CCC(n2cc(-c3ccccc3)cn2)CN1. The summed E-state index contributed by atoms with van der Waals surface area (Å²) in [6.07, 6.45) is 6.57. The van der Waals surface area contributed by atoms with Gasteiger partial charge >= 0.3 is 0 Å². The Labute approximate surface area is 108 Å². The number of nitrogens with zero attached hydrogens (tertiary/aromatic N) is 2. The highest BCUT2D eigenvalue weighted by atomic mass is 15.3. The molecule has 2 heterocycles. The zero-order chi connectivity index (χ0) is 12.4. The molecule has 1 aliphatic rings. The first kappa shape index (κ1) is 11.5. The summed E-state index contributed by atoms with van der Waals surface area (Å²) < 4.78 is 2.11. The zero-order valence-corrected chi connectivity index (χ0v) is 10.7. The number of hydrogen-bond acceptors (Lipinski definition) is 2. The molecule has 1 aromatic heterocycles. The summed E-state index contributed by atoms with van der Waals surface area (Å²) in [6.45, 7) is 3.27. The minimum atomic E-state index is 0.499. The van der Waals surface area contributed by atoms with Gasteiger partial charge in [-0.1, -0.05) is 30.3 Å². The van der Waals surface area contributed by atoms with Crippen molar-refractivity contribution in [2.45, 2.75) is 31.8 Å². The first-order chi connectivity index (χ1) is 8.83. The highest BCUT2D eigenvalue weighted by molar-refractivity contribution is 5.61. The van der Waals surface area contributed by atoms with E-state index < -0.39 is 0 Å². The Hall–Kier alpha value is -1.61. The van der Waals surface area contributed by atoms with Gasteiger partial charge in [-0.3, -0.25) is 4.68 Å². The van der Waals surface area contributed by atoms with Gasteiger partial charge in [0.2, 0.25) is 0 Å². The highest BCUT2D eigenvalue weighted by Gasteiger charge is 2.19. The number of aromatic nitrogens is 2. The molecule has 0 saturated carbocycles. The van der Waals surface area contributed by atoms with Gasteiger partial charge in [0.25, 0.3) is 0 Å². The predicted octanol–water partition coefficient (Wildman–Crippen LogP) is 2.86. The summed E-state index contributed by atoms with van der Waals surface area (Å²) >= 11 is 0. The summed E-state index contributed by atoms with van der Waals surface area (Å²) in [5, 5.41) is 8.04. The zero-order valence-electron chi connectivity index (χ0n) is 10.7. The minimum absolute atomic E-state index is 0.499. The van der Waals surface area contributed by atoms with Gasteiger partial charge in [-0.05, 0) is 25.3 Å². The second-order valence-corrected chi connectivity index (χ2v) is 5.12. The van der Waals surface area contributed by atoms with Crippen LogP contribution in [0, 0.1) is 0 Å². The lowest BCUT2D eigenvalue weighted by atomic mass is 10.0. The van der Waals surface area contributed by atoms with Gasteiger partial charge in [0, 0.05) is 24.3 Å². The van der Waals surface area contributed by atoms with Crippen LogP contribution < -0.4 is 5.32 Å². The molecule has 1 saturated heterocycles. The van der Waals surface area contributed by atoms with E-state index in [9.17, 15) is 0 Å². The van der Waals surface area contributed by atoms with Crippen LogP contribution in [0.1, 0.15) is 25.8 Å². The first-order valence-corrected chi connectivity index (χ1v) is 6.66. The van der Waals surface area contributed by atoms with Crippen LogP contribution in [0.4, 0.5) is 0 Å². The summed E-state index contributed by atoms with van der Waals surface area (Å²) in [5.41, 5.74) is 2.44. The molecule has 2 unspecified atom stereocenters. The molecule has 1 N–H and O–H groups in total. The standard InChI is InChI=1S/C15H19N3/c1-12-7-8-15(10-16-12)18-11-14(9-17-18)13-5-3-2-4-6-13/h2-6,9,11-12,15-16H,7-8,10H2,1H3. The topological polar surface area (TPSA) is 29.9 Å². The molecule has 0 bridgehead atoms. The van der Waals surface area contributed by atoms with Crippen LogP contribution in [0.15, 0.2) is 42.7 Å². The van der Waals surface area contributed by atoms with E-state index >= 15 is 0 Å². The smallest absolute Gasteiger partial charge is 0.0644 e. The Bertz CT molecular complexity index is 495. The van der Waals surface area contributed by atoms with Crippen molar-refractivity contribution >= 4 is 0 Å². The van der Waals surface area contributed by atoms with Crippen LogP contribution in [-0.2, 0) is 0 Å². The molecule has 94 valence electrons. The lowest BCUT2D eigenvalue weighted by Crippen LogP contribution is -2.38. The van der Waals surface area contributed by atoms with Crippen LogP contribution in [0.3, 0.4) is 0 Å². The van der Waals surface area contributed by atoms with Crippen LogP contribution in [0.5, 0.6) is 0 Å². The van der Waals surface area contributed by atoms with E-state index in [1.165, 1.54) is 24.0 Å². The molecule has 0 radical (unpaired) electrons. The largest absolute Gasteiger partial charge is 0.312 e. The summed E-state index contributed by atoms with van der Waals surface area (Å²) in [7, 11) is 0. The van der Waals surface area contributed by atoms with Crippen LogP contribution >= 0.6 is 0 Å². The third kappa shape index (κ3) is 2.31. The van der Waals surface area contributed by atoms with Crippen molar-refractivity contribution in [2.24, 2.45) is 0 Å². The predicted molar refractivity (Wildman–Crippen MR) is 73.4 cm³/mol. The van der Waals surface area contributed by atoms with Gasteiger partial charge in [-0.25, -0.2) is 0 Å². The van der Waals surface area contributed by atoms with E-state index in [-0.39, 0.29) is 0 Å². The van der Waals surface area contributed by atoms with Crippen LogP contribution in [-0.4, -0.2) is 22.4 Å². The average molecular weight is 241 g/mol. The van der Waals surface area contributed by atoms with Crippen LogP contribution in [0.2, 0.25) is 0 Å². The van der Waals surface area contributed by atoms with E-state index in [0.717, 1.165) is 6.54 Å². The second-order valence-electron chi connectivity index (χ2n) is 5.12. The molecule has 0 amide bonds. The Morgan fingerprint density at radius 2 is 2.00 bits per heavy atom. The molecule has 0 spiro atoms. The van der Waals surface area contributed by atoms with Gasteiger partial charge in [0.1, 0.15) is 0 Å². The lowest BCUT2D eigenvalue weighted by Gasteiger charge is -2.27. The molecule has 18 heavy (non-hydrogen) atoms. The molecule has 0 aliphatic carbocycles. The van der Waals surface area contributed by atoms with E-state index in [0.29, 0.717) is 12.1 Å². The van der Waals surface area contributed by atoms with Crippen molar-refractivity contribution in [1.82, 2.24) is 15.1 Å². The fraction of sp³-hybridized carbons (Fsp3) is 0.400. The maximum Gasteiger partial charge on any atom is 0.0644 e. The van der Waals surface area contributed by atoms with Crippen molar-refractivity contribution in [2.75, 3.05) is 6.54 Å². The Morgan fingerprint density at radius 3 is 2.72 bits per heavy atom. The summed E-state index contributed by atoms with van der Waals surface area (Å²) in [5.74, 6) is 0. The average Bonchev–Trinajstić information content (AvgIpc) is 2.90. The molecular formula is C15H19N3. The molecule has 3 rings (SSSR count). The van der Waals surface area contributed by atoms with Crippen molar-refractivity contribution in [1.29, 1.82) is 0 Å². The fourth-order valence-corrected chi connectivity index (χ4v) is 2.53. The quantitative estimate of drug-likeness (QED) is 0.876. The molecule has 1 aliphatic heterocycles. The van der Waals surface area contributed by atoms with E-state index in [1.807, 2.05) is 12.3 Å². The lowest BCUT2D eigenvalue weighted by molar-refractivity contribution is 0.303. The van der Waals surface area contributed by atoms with Gasteiger partial charge in [0.05, 0.1) is 12.2 Å². The van der Waals surface area contributed by atoms with E-state index in [4.69, 9.17) is 0 Å². The van der Waals surface area contributed by atoms with Crippen molar-refractivity contribution < 1.29 is 0 Å². The van der Waals surface area contributed by atoms with Crippen molar-refractivity contribution in [3.63, 3.8) is 0 Å². The van der Waals surface area contributed by atoms with Gasteiger partial charge < -0.3 is 5.32 Å². The van der Waals surface area contributed by atoms with Crippen LogP contribution in [0.25, 0.3) is 11.1 Å². The van der Waals surface area contributed by atoms with Gasteiger partial charge in [-0.15, -0.1) is 0 Å². The molecule has 1 fully saturated rings. The van der Waals surface area contributed by atoms with Gasteiger partial charge in [-0.2, -0.15) is 5.10 Å². The Morgan fingerprint density at radius 1 is 1.17 bits per heavy atom. The maximum absolute atomic E-state index is 4.52. The number of hydrogen-bond donors (Lipinski definition) is 1. The van der Waals surface area contributed by atoms with Crippen molar-refractivity contribution in [3.8, 4) is 11.1 Å². The van der Waals surface area contributed by atoms with E-state index in [1.54, 1.807) is 0 Å². The van der Waals surface area contributed by atoms with Crippen molar-refractivity contribution in [3.05, 3.63) is 42.7 Å². The summed E-state index contributed by atoms with van der Waals surface area (Å²) in [4.78, 5) is 0. The second kappa shape index (κ2) is 4.94. The molecule has 2 aromatic rings. The monoisotopic (exact) mass is 241 g/mol. The number of piperidine rings is 1. The summed E-state index contributed by atoms with van der Waals surface area (Å²) in [6, 6.07) is 11.6. The molecule has 2 atom stereocenters. The number of benzene rings is 1. The number of rotatable bonds is 2. The normalized spacial score (nSPS) is 24.1. The first-order valence-electron chi connectivity index (χ1n) is 6.66. The highest BCUT2D eigenvalue weighted by Crippen LogP contribution is 2.23. The van der Waals surface area contributed by atoms with E-state index in [2.05, 4.69) is 52.5 Å². The third-order valence-electron chi connectivity index (χ3n) is 3.72. The minimum Gasteiger partial charge on any atom is -0.312 e. The Balaban J connectivity index is 1.78. The maximum atomic E-state index is 4.52. The molecular weight excluding hydrogens is 222 g/mol. The molecule has 3 nitrogen and oxygen atoms in total. The molecule has 1 aromatic carbocycles. The number of nitrogens with one attached hydrogen (secondary N) is 1. The fourth-order valence-electron chi connectivity index (χ4n) is 2.53. The van der Waals surface area contributed by atoms with Gasteiger partial charge in [0.15, 0.2) is 0 Å². The Kier molecular flexibility index (Phi) is 3.15. The molecule has 3 heteroatoms.